The van der Waals surface area contributed by atoms with E-state index in [0.717, 1.165) is 6.42 Å². The molecule has 98 valence electrons. The number of halogens is 2. The van der Waals surface area contributed by atoms with E-state index in [0.29, 0.717) is 27.3 Å². The highest BCUT2D eigenvalue weighted by Crippen LogP contribution is 2.17. The predicted molar refractivity (Wildman–Crippen MR) is 76.3 cm³/mol. The number of imidazole rings is 1. The minimum atomic E-state index is -0.460. The Morgan fingerprint density at radius 2 is 2.11 bits per heavy atom. The number of hydrogen-bond donors (Lipinski definition) is 1. The smallest absolute Gasteiger partial charge is 0.313 e. The number of nitrogens with zero attached hydrogens (tertiary/aromatic N) is 3. The molecule has 0 radical (unpaired) electrons. The van der Waals surface area contributed by atoms with Crippen LogP contribution in [0.25, 0.3) is 11.2 Å². The summed E-state index contributed by atoms with van der Waals surface area (Å²) in [7, 11) is 1.58. The number of aromatic nitrogens is 4. The number of alkyl halides is 1. The quantitative estimate of drug-likeness (QED) is 0.646. The van der Waals surface area contributed by atoms with Gasteiger partial charge in [-0.15, -0.1) is 0 Å². The Bertz CT molecular complexity index is 698. The molecule has 1 atom stereocenters. The fourth-order valence-corrected chi connectivity index (χ4v) is 2.45. The molecule has 1 N–H and O–H groups in total. The molecule has 0 aliphatic rings. The van der Waals surface area contributed by atoms with E-state index in [2.05, 4.69) is 41.8 Å². The monoisotopic (exact) mass is 378 g/mol. The molecule has 0 fully saturated rings. The topological polar surface area (TPSA) is 72.7 Å². The Hall–Kier alpha value is -0.890. The van der Waals surface area contributed by atoms with E-state index in [9.17, 15) is 9.59 Å². The number of hydrogen-bond acceptors (Lipinski definition) is 3. The lowest BCUT2D eigenvalue weighted by molar-refractivity contribution is 0.645. The van der Waals surface area contributed by atoms with Gasteiger partial charge in [-0.25, -0.2) is 9.78 Å². The van der Waals surface area contributed by atoms with E-state index < -0.39 is 11.2 Å². The van der Waals surface area contributed by atoms with Crippen molar-refractivity contribution in [2.75, 3.05) is 0 Å². The summed E-state index contributed by atoms with van der Waals surface area (Å²) in [5.74, 6) is 0. The van der Waals surface area contributed by atoms with E-state index in [1.807, 2.05) is 6.92 Å². The second-order valence-electron chi connectivity index (χ2n) is 4.09. The van der Waals surface area contributed by atoms with Crippen LogP contribution in [0, 0.1) is 0 Å². The molecule has 2 rings (SSSR count). The van der Waals surface area contributed by atoms with Gasteiger partial charge in [0.25, 0.3) is 5.56 Å². The van der Waals surface area contributed by atoms with Crippen LogP contribution in [0.1, 0.15) is 13.3 Å². The largest absolute Gasteiger partial charge is 0.329 e. The first-order valence-corrected chi connectivity index (χ1v) is 7.11. The van der Waals surface area contributed by atoms with Gasteiger partial charge < -0.3 is 4.57 Å². The van der Waals surface area contributed by atoms with E-state index in [4.69, 9.17) is 0 Å². The summed E-state index contributed by atoms with van der Waals surface area (Å²) in [5.41, 5.74) is -0.0676. The number of nitrogens with one attached hydrogen (secondary N) is 1. The van der Waals surface area contributed by atoms with Gasteiger partial charge in [-0.3, -0.25) is 14.3 Å². The van der Waals surface area contributed by atoms with E-state index in [1.54, 1.807) is 11.6 Å². The fraction of sp³-hybridized carbons (Fsp3) is 0.500. The van der Waals surface area contributed by atoms with Gasteiger partial charge in [0.1, 0.15) is 0 Å². The molecule has 6 nitrogen and oxygen atoms in total. The lowest BCUT2D eigenvalue weighted by Crippen LogP contribution is -2.29. The molecule has 0 aliphatic heterocycles. The summed E-state index contributed by atoms with van der Waals surface area (Å²) in [6.45, 7) is 2.68. The van der Waals surface area contributed by atoms with Crippen LogP contribution in [0.3, 0.4) is 0 Å². The van der Waals surface area contributed by atoms with Crippen LogP contribution in [0.2, 0.25) is 0 Å². The lowest BCUT2D eigenvalue weighted by Gasteiger charge is -2.06. The molecule has 0 saturated heterocycles. The van der Waals surface area contributed by atoms with Crippen molar-refractivity contribution in [2.24, 2.45) is 7.05 Å². The first-order chi connectivity index (χ1) is 8.41. The number of aryl methyl sites for hydroxylation is 2. The third kappa shape index (κ3) is 2.31. The van der Waals surface area contributed by atoms with Gasteiger partial charge in [-0.1, -0.05) is 22.9 Å². The van der Waals surface area contributed by atoms with Gasteiger partial charge in [0, 0.05) is 18.4 Å². The predicted octanol–water partition coefficient (Wildman–Crippen LogP) is 1.36. The van der Waals surface area contributed by atoms with Gasteiger partial charge in [0.2, 0.25) is 0 Å². The number of rotatable bonds is 3. The highest BCUT2D eigenvalue weighted by molar-refractivity contribution is 9.10. The van der Waals surface area contributed by atoms with Crippen molar-refractivity contribution in [3.63, 3.8) is 0 Å². The molecule has 0 amide bonds. The third-order valence-electron chi connectivity index (χ3n) is 2.71. The summed E-state index contributed by atoms with van der Waals surface area (Å²) >= 11 is 6.78. The molecular formula is C10H12Br2N4O2. The van der Waals surface area contributed by atoms with Gasteiger partial charge in [0.05, 0.1) is 0 Å². The maximum atomic E-state index is 11.9. The fourth-order valence-electron chi connectivity index (χ4n) is 1.72. The summed E-state index contributed by atoms with van der Waals surface area (Å²) in [6, 6.07) is 0. The normalized spacial score (nSPS) is 13.1. The molecule has 0 bridgehead atoms. The Morgan fingerprint density at radius 1 is 1.44 bits per heavy atom. The maximum absolute atomic E-state index is 11.9. The molecule has 2 aromatic heterocycles. The Labute approximate surface area is 119 Å². The SMILES string of the molecule is C[C@@H](Br)CCn1c(Br)nc2c1c(=O)[nH]c(=O)n2C. The van der Waals surface area contributed by atoms with Gasteiger partial charge in [-0.05, 0) is 22.4 Å². The van der Waals surface area contributed by atoms with Crippen molar-refractivity contribution in [2.45, 2.75) is 24.7 Å². The molecule has 2 aromatic rings. The lowest BCUT2D eigenvalue weighted by atomic mass is 10.3. The first kappa shape index (κ1) is 13.5. The molecule has 0 saturated carbocycles. The van der Waals surface area contributed by atoms with Crippen molar-refractivity contribution in [3.05, 3.63) is 25.6 Å². The molecule has 2 heterocycles. The number of aromatic amines is 1. The second kappa shape index (κ2) is 5.00. The van der Waals surface area contributed by atoms with Crippen molar-refractivity contribution >= 4 is 43.0 Å². The summed E-state index contributed by atoms with van der Waals surface area (Å²) in [4.78, 5) is 30.2. The average molecular weight is 380 g/mol. The van der Waals surface area contributed by atoms with Crippen LogP contribution in [0.15, 0.2) is 14.3 Å². The minimum Gasteiger partial charge on any atom is -0.313 e. The van der Waals surface area contributed by atoms with Gasteiger partial charge in [0.15, 0.2) is 15.9 Å². The highest BCUT2D eigenvalue weighted by atomic mass is 79.9. The van der Waals surface area contributed by atoms with E-state index in [1.165, 1.54) is 4.57 Å². The molecule has 0 aliphatic carbocycles. The zero-order valence-corrected chi connectivity index (χ0v) is 13.1. The zero-order chi connectivity index (χ0) is 13.4. The van der Waals surface area contributed by atoms with Crippen molar-refractivity contribution < 1.29 is 0 Å². The van der Waals surface area contributed by atoms with E-state index in [-0.39, 0.29) is 0 Å². The van der Waals surface area contributed by atoms with Crippen molar-refractivity contribution in [3.8, 4) is 0 Å². The summed E-state index contributed by atoms with van der Waals surface area (Å²) < 4.78 is 3.65. The second-order valence-corrected chi connectivity index (χ2v) is 6.36. The van der Waals surface area contributed by atoms with Crippen LogP contribution < -0.4 is 11.2 Å². The summed E-state index contributed by atoms with van der Waals surface area (Å²) in [5, 5.41) is 0. The van der Waals surface area contributed by atoms with Gasteiger partial charge >= 0.3 is 5.69 Å². The van der Waals surface area contributed by atoms with Crippen molar-refractivity contribution in [1.29, 1.82) is 0 Å². The molecular weight excluding hydrogens is 368 g/mol. The van der Waals surface area contributed by atoms with Crippen molar-refractivity contribution in [1.82, 2.24) is 19.1 Å². The molecule has 0 spiro atoms. The van der Waals surface area contributed by atoms with Crippen LogP contribution in [0.4, 0.5) is 0 Å². The van der Waals surface area contributed by atoms with Crippen LogP contribution in [0.5, 0.6) is 0 Å². The number of H-pyrrole nitrogens is 1. The van der Waals surface area contributed by atoms with E-state index >= 15 is 0 Å². The highest BCUT2D eigenvalue weighted by Gasteiger charge is 2.15. The van der Waals surface area contributed by atoms with Gasteiger partial charge in [-0.2, -0.15) is 0 Å². The minimum absolute atomic E-state index is 0.341. The Kier molecular flexibility index (Phi) is 3.76. The zero-order valence-electron chi connectivity index (χ0n) is 9.91. The molecule has 18 heavy (non-hydrogen) atoms. The van der Waals surface area contributed by atoms with Crippen LogP contribution in [-0.2, 0) is 13.6 Å². The Balaban J connectivity index is 2.68. The summed E-state index contributed by atoms with van der Waals surface area (Å²) in [6.07, 6.45) is 0.854. The molecule has 0 aromatic carbocycles. The number of fused-ring (bicyclic) bond motifs is 1. The first-order valence-electron chi connectivity index (χ1n) is 5.41. The average Bonchev–Trinajstić information content (AvgIpc) is 2.61. The molecule has 0 unspecified atom stereocenters. The maximum Gasteiger partial charge on any atom is 0.329 e. The van der Waals surface area contributed by atoms with Crippen LogP contribution in [-0.4, -0.2) is 23.9 Å². The van der Waals surface area contributed by atoms with Crippen LogP contribution >= 0.6 is 31.9 Å². The third-order valence-corrected chi connectivity index (χ3v) is 3.77. The Morgan fingerprint density at radius 3 is 2.72 bits per heavy atom. The standard InChI is InChI=1S/C10H12Br2N4O2/c1-5(11)3-4-16-6-7(13-9(16)12)15(2)10(18)14-8(6)17/h5H,3-4H2,1-2H3,(H,14,17,18)/t5-/m1/s1. The molecule has 8 heteroatoms.